The lowest BCUT2D eigenvalue weighted by atomic mass is 10.1. The van der Waals surface area contributed by atoms with Crippen molar-refractivity contribution >= 4 is 23.1 Å². The van der Waals surface area contributed by atoms with Gasteiger partial charge in [-0.1, -0.05) is 36.4 Å². The van der Waals surface area contributed by atoms with Gasteiger partial charge in [-0.05, 0) is 60.5 Å². The van der Waals surface area contributed by atoms with Gasteiger partial charge in [0.25, 0.3) is 5.56 Å². The highest BCUT2D eigenvalue weighted by molar-refractivity contribution is 5.80. The minimum atomic E-state index is -0.0912. The van der Waals surface area contributed by atoms with E-state index in [1.807, 2.05) is 85.8 Å². The molecule has 142 valence electrons. The SMILES string of the molecule is Cc1cccc(-n2c(/C=C/c3ccc4c(c3)OCO4)nc3ccccc3c2=O)c1. The molecule has 3 aromatic carbocycles. The Bertz CT molecular complexity index is 1320. The van der Waals surface area contributed by atoms with E-state index < -0.39 is 0 Å². The van der Waals surface area contributed by atoms with E-state index in [1.165, 1.54) is 0 Å². The Morgan fingerprint density at radius 2 is 1.79 bits per heavy atom. The zero-order valence-electron chi connectivity index (χ0n) is 15.8. The van der Waals surface area contributed by atoms with Crippen LogP contribution in [0.4, 0.5) is 0 Å². The van der Waals surface area contributed by atoms with Crippen LogP contribution in [0.1, 0.15) is 17.0 Å². The molecule has 0 fully saturated rings. The van der Waals surface area contributed by atoms with Crippen LogP contribution < -0.4 is 15.0 Å². The number of nitrogens with zero attached hydrogens (tertiary/aromatic N) is 2. The molecule has 0 spiro atoms. The van der Waals surface area contributed by atoms with E-state index in [0.717, 1.165) is 28.3 Å². The number of aromatic nitrogens is 2. The number of para-hydroxylation sites is 1. The molecular weight excluding hydrogens is 364 g/mol. The number of benzene rings is 3. The Labute approximate surface area is 167 Å². The number of rotatable bonds is 3. The first kappa shape index (κ1) is 17.3. The summed E-state index contributed by atoms with van der Waals surface area (Å²) in [6, 6.07) is 21.0. The topological polar surface area (TPSA) is 53.4 Å². The zero-order valence-corrected chi connectivity index (χ0v) is 15.8. The number of fused-ring (bicyclic) bond motifs is 2. The molecule has 0 N–H and O–H groups in total. The summed E-state index contributed by atoms with van der Waals surface area (Å²) in [5.41, 5.74) is 3.39. The van der Waals surface area contributed by atoms with Crippen LogP contribution in [0.25, 0.3) is 28.7 Å². The van der Waals surface area contributed by atoms with Crippen LogP contribution in [-0.4, -0.2) is 16.3 Å². The lowest BCUT2D eigenvalue weighted by Crippen LogP contribution is -2.22. The average molecular weight is 382 g/mol. The predicted molar refractivity (Wildman–Crippen MR) is 114 cm³/mol. The van der Waals surface area contributed by atoms with Crippen molar-refractivity contribution in [2.75, 3.05) is 6.79 Å². The lowest BCUT2D eigenvalue weighted by molar-refractivity contribution is 0.174. The van der Waals surface area contributed by atoms with E-state index in [2.05, 4.69) is 0 Å². The summed E-state index contributed by atoms with van der Waals surface area (Å²) >= 11 is 0. The normalized spacial score (nSPS) is 12.7. The van der Waals surface area contributed by atoms with Crippen LogP contribution in [0.2, 0.25) is 0 Å². The highest BCUT2D eigenvalue weighted by Gasteiger charge is 2.13. The van der Waals surface area contributed by atoms with Gasteiger partial charge in [0.05, 0.1) is 16.6 Å². The van der Waals surface area contributed by atoms with Crippen molar-refractivity contribution in [2.45, 2.75) is 6.92 Å². The first-order valence-electron chi connectivity index (χ1n) is 9.36. The molecule has 0 amide bonds. The molecule has 1 aromatic heterocycles. The Hall–Kier alpha value is -3.86. The van der Waals surface area contributed by atoms with Gasteiger partial charge in [-0.2, -0.15) is 0 Å². The van der Waals surface area contributed by atoms with Crippen molar-refractivity contribution in [3.8, 4) is 17.2 Å². The predicted octanol–water partition coefficient (Wildman–Crippen LogP) is 4.59. The van der Waals surface area contributed by atoms with E-state index in [-0.39, 0.29) is 12.4 Å². The van der Waals surface area contributed by atoms with Crippen LogP contribution in [-0.2, 0) is 0 Å². The van der Waals surface area contributed by atoms with Crippen LogP contribution in [0.5, 0.6) is 11.5 Å². The third-order valence-corrected chi connectivity index (χ3v) is 4.88. The minimum absolute atomic E-state index is 0.0912. The quantitative estimate of drug-likeness (QED) is 0.520. The second-order valence-electron chi connectivity index (χ2n) is 6.91. The van der Waals surface area contributed by atoms with Gasteiger partial charge in [0.2, 0.25) is 6.79 Å². The van der Waals surface area contributed by atoms with Crippen molar-refractivity contribution in [1.29, 1.82) is 0 Å². The highest BCUT2D eigenvalue weighted by Crippen LogP contribution is 2.33. The number of aryl methyl sites for hydroxylation is 1. The van der Waals surface area contributed by atoms with E-state index in [4.69, 9.17) is 14.5 Å². The van der Waals surface area contributed by atoms with Gasteiger partial charge in [0, 0.05) is 0 Å². The lowest BCUT2D eigenvalue weighted by Gasteiger charge is -2.12. The third kappa shape index (κ3) is 3.17. The van der Waals surface area contributed by atoms with Gasteiger partial charge < -0.3 is 9.47 Å². The van der Waals surface area contributed by atoms with Gasteiger partial charge in [0.15, 0.2) is 11.5 Å². The molecule has 0 saturated carbocycles. The maximum atomic E-state index is 13.3. The fourth-order valence-electron chi connectivity index (χ4n) is 3.47. The van der Waals surface area contributed by atoms with Crippen LogP contribution >= 0.6 is 0 Å². The molecule has 0 aliphatic carbocycles. The fourth-order valence-corrected chi connectivity index (χ4v) is 3.47. The maximum Gasteiger partial charge on any atom is 0.266 e. The van der Waals surface area contributed by atoms with Gasteiger partial charge in [-0.25, -0.2) is 4.98 Å². The van der Waals surface area contributed by atoms with Crippen molar-refractivity contribution in [2.24, 2.45) is 0 Å². The third-order valence-electron chi connectivity index (χ3n) is 4.88. The Morgan fingerprint density at radius 1 is 0.931 bits per heavy atom. The number of hydrogen-bond donors (Lipinski definition) is 0. The van der Waals surface area contributed by atoms with E-state index in [0.29, 0.717) is 16.7 Å². The molecule has 0 radical (unpaired) electrons. The van der Waals surface area contributed by atoms with Gasteiger partial charge in [0.1, 0.15) is 5.82 Å². The molecule has 0 unspecified atom stereocenters. The molecule has 5 heteroatoms. The minimum Gasteiger partial charge on any atom is -0.454 e. The first-order valence-corrected chi connectivity index (χ1v) is 9.36. The maximum absolute atomic E-state index is 13.3. The van der Waals surface area contributed by atoms with Crippen molar-refractivity contribution in [1.82, 2.24) is 9.55 Å². The van der Waals surface area contributed by atoms with Crippen molar-refractivity contribution in [3.63, 3.8) is 0 Å². The molecule has 2 heterocycles. The molecule has 5 rings (SSSR count). The molecule has 1 aliphatic rings. The van der Waals surface area contributed by atoms with Gasteiger partial charge in [-0.15, -0.1) is 0 Å². The van der Waals surface area contributed by atoms with E-state index in [9.17, 15) is 4.79 Å². The summed E-state index contributed by atoms with van der Waals surface area (Å²) in [6.07, 6.45) is 3.78. The molecular formula is C24H18N2O3. The fraction of sp³-hybridized carbons (Fsp3) is 0.0833. The number of hydrogen-bond acceptors (Lipinski definition) is 4. The van der Waals surface area contributed by atoms with E-state index >= 15 is 0 Å². The number of ether oxygens (including phenoxy) is 2. The Morgan fingerprint density at radius 3 is 2.69 bits per heavy atom. The van der Waals surface area contributed by atoms with Gasteiger partial charge in [-0.3, -0.25) is 9.36 Å². The molecule has 29 heavy (non-hydrogen) atoms. The summed E-state index contributed by atoms with van der Waals surface area (Å²) in [5.74, 6) is 2.02. The summed E-state index contributed by atoms with van der Waals surface area (Å²) in [4.78, 5) is 18.0. The Kier molecular flexibility index (Phi) is 4.13. The van der Waals surface area contributed by atoms with Crippen LogP contribution in [0.3, 0.4) is 0 Å². The summed E-state index contributed by atoms with van der Waals surface area (Å²) in [6.45, 7) is 2.24. The van der Waals surface area contributed by atoms with Crippen molar-refractivity contribution in [3.05, 3.63) is 94.0 Å². The zero-order chi connectivity index (χ0) is 19.8. The molecule has 4 aromatic rings. The first-order chi connectivity index (χ1) is 14.2. The smallest absolute Gasteiger partial charge is 0.266 e. The second kappa shape index (κ2) is 6.95. The Balaban J connectivity index is 1.68. The second-order valence-corrected chi connectivity index (χ2v) is 6.91. The van der Waals surface area contributed by atoms with Crippen LogP contribution in [0.15, 0.2) is 71.5 Å². The summed E-state index contributed by atoms with van der Waals surface area (Å²) in [7, 11) is 0. The van der Waals surface area contributed by atoms with Crippen molar-refractivity contribution < 1.29 is 9.47 Å². The molecule has 0 atom stereocenters. The van der Waals surface area contributed by atoms with Gasteiger partial charge >= 0.3 is 0 Å². The highest BCUT2D eigenvalue weighted by atomic mass is 16.7. The average Bonchev–Trinajstić information content (AvgIpc) is 3.20. The summed E-state index contributed by atoms with van der Waals surface area (Å²) in [5, 5.41) is 0.592. The largest absolute Gasteiger partial charge is 0.454 e. The standard InChI is InChI=1S/C24H18N2O3/c1-16-5-4-6-18(13-16)26-23(25-20-8-3-2-7-19(20)24(26)27)12-10-17-9-11-21-22(14-17)29-15-28-21/h2-14H,15H2,1H3/b12-10+. The molecule has 1 aliphatic heterocycles. The molecule has 0 saturated heterocycles. The van der Waals surface area contributed by atoms with Crippen LogP contribution in [0, 0.1) is 6.92 Å². The summed E-state index contributed by atoms with van der Waals surface area (Å²) < 4.78 is 12.5. The molecule has 5 nitrogen and oxygen atoms in total. The molecule has 0 bridgehead atoms. The monoisotopic (exact) mass is 382 g/mol. The van der Waals surface area contributed by atoms with E-state index in [1.54, 1.807) is 4.57 Å².